The number of aromatic nitrogens is 5. The van der Waals surface area contributed by atoms with Crippen LogP contribution < -0.4 is 10.3 Å². The summed E-state index contributed by atoms with van der Waals surface area (Å²) in [5, 5.41) is 9.79. The standard InChI is InChI=1S/C27H25N5O3S/c1-5-13-30-17(2)14-22(18(30)3)24(33)16-36-27-29-28-26-31(19-9-8-10-20(15-19)35-4)25(34)21-11-6-7-12-23(21)32(26)27/h5-12,14-15H,1,13,16H2,2-4H3. The Labute approximate surface area is 211 Å². The summed E-state index contributed by atoms with van der Waals surface area (Å²) in [6, 6.07) is 16.5. The predicted molar refractivity (Wildman–Crippen MR) is 142 cm³/mol. The lowest BCUT2D eigenvalue weighted by Gasteiger charge is -2.12. The van der Waals surface area contributed by atoms with Gasteiger partial charge in [0.25, 0.3) is 5.56 Å². The second-order valence-electron chi connectivity index (χ2n) is 8.37. The van der Waals surface area contributed by atoms with E-state index in [2.05, 4.69) is 21.3 Å². The van der Waals surface area contributed by atoms with E-state index in [1.165, 1.54) is 16.3 Å². The number of rotatable bonds is 8. The van der Waals surface area contributed by atoms with Crippen LogP contribution >= 0.6 is 11.8 Å². The summed E-state index contributed by atoms with van der Waals surface area (Å²) >= 11 is 1.30. The molecule has 0 saturated carbocycles. The number of allylic oxidation sites excluding steroid dienone is 1. The molecule has 36 heavy (non-hydrogen) atoms. The first-order valence-electron chi connectivity index (χ1n) is 11.4. The quantitative estimate of drug-likeness (QED) is 0.176. The van der Waals surface area contributed by atoms with Gasteiger partial charge in [-0.25, -0.2) is 4.57 Å². The Morgan fingerprint density at radius 2 is 1.92 bits per heavy atom. The fraction of sp³-hybridized carbons (Fsp3) is 0.185. The van der Waals surface area contributed by atoms with Crippen molar-refractivity contribution in [2.45, 2.75) is 25.5 Å². The number of carbonyl (C=O) groups is 1. The highest BCUT2D eigenvalue weighted by atomic mass is 32.2. The van der Waals surface area contributed by atoms with Crippen molar-refractivity contribution in [2.75, 3.05) is 12.9 Å². The third kappa shape index (κ3) is 3.91. The molecule has 0 aliphatic rings. The van der Waals surface area contributed by atoms with Crippen molar-refractivity contribution in [3.05, 3.63) is 94.6 Å². The first-order valence-corrected chi connectivity index (χ1v) is 12.4. The number of fused-ring (bicyclic) bond motifs is 3. The van der Waals surface area contributed by atoms with Crippen molar-refractivity contribution >= 4 is 34.2 Å². The third-order valence-electron chi connectivity index (χ3n) is 6.22. The van der Waals surface area contributed by atoms with Crippen molar-refractivity contribution < 1.29 is 9.53 Å². The predicted octanol–water partition coefficient (Wildman–Crippen LogP) is 4.62. The lowest BCUT2D eigenvalue weighted by Crippen LogP contribution is -2.22. The lowest BCUT2D eigenvalue weighted by atomic mass is 10.2. The number of benzene rings is 2. The summed E-state index contributed by atoms with van der Waals surface area (Å²) in [4.78, 5) is 26.7. The number of carbonyl (C=O) groups excluding carboxylic acids is 1. The maximum absolute atomic E-state index is 13.5. The molecule has 0 saturated heterocycles. The molecular weight excluding hydrogens is 474 g/mol. The van der Waals surface area contributed by atoms with E-state index in [0.29, 0.717) is 45.4 Å². The van der Waals surface area contributed by atoms with Gasteiger partial charge >= 0.3 is 0 Å². The van der Waals surface area contributed by atoms with E-state index in [4.69, 9.17) is 4.74 Å². The number of Topliss-reactive ketones (excluding diaryl/α,β-unsaturated/α-hetero) is 1. The van der Waals surface area contributed by atoms with Gasteiger partial charge in [-0.3, -0.25) is 14.0 Å². The minimum absolute atomic E-state index is 0.00517. The van der Waals surface area contributed by atoms with E-state index in [1.807, 2.05) is 66.8 Å². The molecule has 0 bridgehead atoms. The monoisotopic (exact) mass is 499 g/mol. The average molecular weight is 500 g/mol. The summed E-state index contributed by atoms with van der Waals surface area (Å²) in [6.07, 6.45) is 1.82. The zero-order valence-corrected chi connectivity index (χ0v) is 21.1. The van der Waals surface area contributed by atoms with Crippen molar-refractivity contribution in [1.29, 1.82) is 0 Å². The van der Waals surface area contributed by atoms with Crippen molar-refractivity contribution in [3.8, 4) is 11.4 Å². The highest BCUT2D eigenvalue weighted by Crippen LogP contribution is 2.26. The van der Waals surface area contributed by atoms with Gasteiger partial charge in [0.15, 0.2) is 10.9 Å². The molecule has 0 radical (unpaired) electrons. The van der Waals surface area contributed by atoms with E-state index >= 15 is 0 Å². The number of thioether (sulfide) groups is 1. The average Bonchev–Trinajstić information content (AvgIpc) is 3.44. The van der Waals surface area contributed by atoms with E-state index in [9.17, 15) is 9.59 Å². The molecular formula is C27H25N5O3S. The third-order valence-corrected chi connectivity index (χ3v) is 7.15. The highest BCUT2D eigenvalue weighted by molar-refractivity contribution is 7.99. The Morgan fingerprint density at radius 3 is 2.69 bits per heavy atom. The van der Waals surface area contributed by atoms with E-state index < -0.39 is 0 Å². The Hall–Kier alpha value is -4.11. The number of hydrogen-bond acceptors (Lipinski definition) is 6. The van der Waals surface area contributed by atoms with Gasteiger partial charge in [-0.15, -0.1) is 16.8 Å². The molecule has 0 amide bonds. The molecule has 5 rings (SSSR count). The normalized spacial score (nSPS) is 11.3. The van der Waals surface area contributed by atoms with Crippen LogP contribution in [-0.4, -0.2) is 42.4 Å². The van der Waals surface area contributed by atoms with E-state index in [-0.39, 0.29) is 17.1 Å². The van der Waals surface area contributed by atoms with Crippen LogP contribution in [0.25, 0.3) is 22.4 Å². The molecule has 0 atom stereocenters. The second-order valence-corrected chi connectivity index (χ2v) is 9.32. The van der Waals surface area contributed by atoms with Crippen LogP contribution in [0.5, 0.6) is 5.75 Å². The number of ether oxygens (including phenoxy) is 1. The number of nitrogens with zero attached hydrogens (tertiary/aromatic N) is 5. The van der Waals surface area contributed by atoms with Gasteiger partial charge in [-0.2, -0.15) is 0 Å². The van der Waals surface area contributed by atoms with Gasteiger partial charge in [0.1, 0.15) is 5.75 Å². The van der Waals surface area contributed by atoms with E-state index in [0.717, 1.165) is 11.4 Å². The molecule has 3 aromatic heterocycles. The minimum Gasteiger partial charge on any atom is -0.497 e. The van der Waals surface area contributed by atoms with Crippen LogP contribution in [0, 0.1) is 13.8 Å². The molecule has 8 nitrogen and oxygen atoms in total. The van der Waals surface area contributed by atoms with Crippen molar-refractivity contribution in [2.24, 2.45) is 0 Å². The van der Waals surface area contributed by atoms with Crippen molar-refractivity contribution in [3.63, 3.8) is 0 Å². The second kappa shape index (κ2) is 9.50. The molecule has 0 spiro atoms. The molecule has 3 heterocycles. The molecule has 9 heteroatoms. The zero-order valence-electron chi connectivity index (χ0n) is 20.3. The van der Waals surface area contributed by atoms with Gasteiger partial charge < -0.3 is 9.30 Å². The summed E-state index contributed by atoms with van der Waals surface area (Å²) in [5.74, 6) is 1.18. The molecule has 0 aliphatic carbocycles. The summed E-state index contributed by atoms with van der Waals surface area (Å²) in [7, 11) is 1.58. The first-order chi connectivity index (χ1) is 17.4. The number of para-hydroxylation sites is 1. The number of hydrogen-bond donors (Lipinski definition) is 0. The number of ketones is 1. The van der Waals surface area contributed by atoms with Gasteiger partial charge in [0.05, 0.1) is 29.5 Å². The van der Waals surface area contributed by atoms with E-state index in [1.54, 1.807) is 19.2 Å². The highest BCUT2D eigenvalue weighted by Gasteiger charge is 2.20. The Morgan fingerprint density at radius 1 is 1.11 bits per heavy atom. The van der Waals surface area contributed by atoms with Gasteiger partial charge in [0.2, 0.25) is 5.78 Å². The zero-order chi connectivity index (χ0) is 25.4. The SMILES string of the molecule is C=CCn1c(C)cc(C(=O)CSc2nnc3n(-c4cccc(OC)c4)c(=O)c4ccccc4n23)c1C. The first kappa shape index (κ1) is 23.6. The van der Waals surface area contributed by atoms with Crippen LogP contribution in [0.1, 0.15) is 21.7 Å². The van der Waals surface area contributed by atoms with Gasteiger partial charge in [-0.05, 0) is 44.2 Å². The van der Waals surface area contributed by atoms with Crippen LogP contribution in [-0.2, 0) is 6.54 Å². The fourth-order valence-electron chi connectivity index (χ4n) is 4.46. The van der Waals surface area contributed by atoms with Crippen LogP contribution in [0.15, 0.2) is 77.2 Å². The molecule has 2 aromatic carbocycles. The smallest absolute Gasteiger partial charge is 0.267 e. The number of methoxy groups -OCH3 is 1. The number of aryl methyl sites for hydroxylation is 1. The lowest BCUT2D eigenvalue weighted by molar-refractivity contribution is 0.102. The van der Waals surface area contributed by atoms with Gasteiger partial charge in [-0.1, -0.05) is 36.0 Å². The van der Waals surface area contributed by atoms with Crippen LogP contribution in [0.4, 0.5) is 0 Å². The summed E-state index contributed by atoms with van der Waals surface area (Å²) in [5.41, 5.74) is 3.71. The Kier molecular flexibility index (Phi) is 6.24. The molecule has 0 unspecified atom stereocenters. The van der Waals surface area contributed by atoms with Gasteiger partial charge in [0, 0.05) is 29.6 Å². The van der Waals surface area contributed by atoms with Crippen LogP contribution in [0.2, 0.25) is 0 Å². The summed E-state index contributed by atoms with van der Waals surface area (Å²) in [6.45, 7) is 8.38. The maximum Gasteiger partial charge on any atom is 0.267 e. The molecule has 0 fully saturated rings. The summed E-state index contributed by atoms with van der Waals surface area (Å²) < 4.78 is 10.8. The largest absolute Gasteiger partial charge is 0.497 e. The van der Waals surface area contributed by atoms with Crippen molar-refractivity contribution in [1.82, 2.24) is 23.7 Å². The maximum atomic E-state index is 13.5. The van der Waals surface area contributed by atoms with Crippen LogP contribution in [0.3, 0.4) is 0 Å². The topological polar surface area (TPSA) is 83.4 Å². The molecule has 0 aliphatic heterocycles. The Balaban J connectivity index is 1.59. The molecule has 5 aromatic rings. The molecule has 0 N–H and O–H groups in total. The molecule has 182 valence electrons. The Bertz CT molecular complexity index is 1700. The minimum atomic E-state index is -0.207. The fourth-order valence-corrected chi connectivity index (χ4v) is 5.28.